The number of carbonyl (C=O) groups excluding carboxylic acids is 2. The molecule has 232 valence electrons. The molecule has 7 nitrogen and oxygen atoms in total. The molecule has 0 N–H and O–H groups in total. The second-order valence-electron chi connectivity index (χ2n) is 10.5. The second kappa shape index (κ2) is 13.4. The molecule has 0 fully saturated rings. The molecule has 0 saturated heterocycles. The maximum Gasteiger partial charge on any atom is 0.416 e. The number of alkyl halides is 3. The van der Waals surface area contributed by atoms with E-state index in [4.69, 9.17) is 14.2 Å². The molecule has 0 aliphatic heterocycles. The van der Waals surface area contributed by atoms with Gasteiger partial charge in [-0.3, -0.25) is 4.79 Å². The fourth-order valence-corrected chi connectivity index (χ4v) is 5.61. The van der Waals surface area contributed by atoms with Crippen molar-refractivity contribution in [2.45, 2.75) is 51.6 Å². The van der Waals surface area contributed by atoms with Crippen LogP contribution in [0, 0.1) is 5.82 Å². The number of carbonyl (C=O) groups is 2. The smallest absolute Gasteiger partial charge is 0.416 e. The van der Waals surface area contributed by atoms with Gasteiger partial charge in [0.25, 0.3) is 0 Å². The molecular formula is C33H32F4N2O5. The number of rotatable bonds is 10. The highest BCUT2D eigenvalue weighted by atomic mass is 19.4. The quantitative estimate of drug-likeness (QED) is 0.143. The number of esters is 1. The Kier molecular flexibility index (Phi) is 9.41. The Bertz CT molecular complexity index is 1600. The lowest BCUT2D eigenvalue weighted by atomic mass is 9.90. The summed E-state index contributed by atoms with van der Waals surface area (Å²) in [7, 11) is 0. The number of amides is 1. The Labute approximate surface area is 251 Å². The molecule has 0 saturated carbocycles. The summed E-state index contributed by atoms with van der Waals surface area (Å²) in [5.41, 5.74) is 2.45. The molecule has 1 amide bonds. The van der Waals surface area contributed by atoms with Gasteiger partial charge in [-0.15, -0.1) is 0 Å². The van der Waals surface area contributed by atoms with Crippen LogP contribution in [0.15, 0.2) is 72.8 Å². The summed E-state index contributed by atoms with van der Waals surface area (Å²) < 4.78 is 71.6. The van der Waals surface area contributed by atoms with Gasteiger partial charge in [-0.2, -0.15) is 13.2 Å². The van der Waals surface area contributed by atoms with Gasteiger partial charge >= 0.3 is 18.2 Å². The van der Waals surface area contributed by atoms with E-state index in [1.165, 1.54) is 24.3 Å². The molecular weight excluding hydrogens is 580 g/mol. The molecule has 11 heteroatoms. The van der Waals surface area contributed by atoms with E-state index in [0.717, 1.165) is 29.0 Å². The van der Waals surface area contributed by atoms with E-state index in [1.807, 2.05) is 34.9 Å². The zero-order chi connectivity index (χ0) is 31.3. The van der Waals surface area contributed by atoms with E-state index in [0.29, 0.717) is 30.2 Å². The van der Waals surface area contributed by atoms with Crippen LogP contribution in [-0.4, -0.2) is 47.3 Å². The Morgan fingerprint density at radius 1 is 1.00 bits per heavy atom. The van der Waals surface area contributed by atoms with Crippen LogP contribution in [0.3, 0.4) is 0 Å². The molecule has 1 aliphatic rings. The van der Waals surface area contributed by atoms with Crippen molar-refractivity contribution in [3.05, 3.63) is 101 Å². The van der Waals surface area contributed by atoms with Gasteiger partial charge in [0.2, 0.25) is 0 Å². The van der Waals surface area contributed by atoms with Crippen LogP contribution in [0.4, 0.5) is 22.4 Å². The van der Waals surface area contributed by atoms with Crippen molar-refractivity contribution in [2.24, 2.45) is 0 Å². The third kappa shape index (κ3) is 7.15. The Morgan fingerprint density at radius 3 is 2.45 bits per heavy atom. The first kappa shape index (κ1) is 30.9. The fraction of sp³-hybridized carbons (Fsp3) is 0.333. The SMILES string of the molecule is CCOC(=O)Cn1c2c(c3cc(F)ccc31)C[C@@H](N(CCOc1ccc(C(F)(F)F)cc1)C(=O)OCc1ccccc1)CC2. The van der Waals surface area contributed by atoms with Crippen molar-refractivity contribution >= 4 is 23.0 Å². The second-order valence-corrected chi connectivity index (χ2v) is 10.5. The van der Waals surface area contributed by atoms with Gasteiger partial charge in [-0.25, -0.2) is 9.18 Å². The molecule has 5 rings (SSSR count). The third-order valence-electron chi connectivity index (χ3n) is 7.66. The van der Waals surface area contributed by atoms with Gasteiger partial charge in [0, 0.05) is 22.6 Å². The van der Waals surface area contributed by atoms with Crippen molar-refractivity contribution in [1.29, 1.82) is 0 Å². The molecule has 0 bridgehead atoms. The van der Waals surface area contributed by atoms with Crippen molar-refractivity contribution in [1.82, 2.24) is 9.47 Å². The largest absolute Gasteiger partial charge is 0.492 e. The maximum atomic E-state index is 14.4. The standard InChI is InChI=1S/C33H32F4N2O5/c1-2-42-31(40)20-39-29-14-10-24(34)18-27(29)28-19-25(11-15-30(28)39)38(32(41)44-21-22-6-4-3-5-7-22)16-17-43-26-12-8-23(9-13-26)33(35,36)37/h3-10,12-14,18,25H,2,11,15-17,19-21H2,1H3/t25-/m0/s1. The number of nitrogens with zero attached hydrogens (tertiary/aromatic N) is 2. The predicted octanol–water partition coefficient (Wildman–Crippen LogP) is 6.94. The number of hydrogen-bond donors (Lipinski definition) is 0. The lowest BCUT2D eigenvalue weighted by Gasteiger charge is -2.34. The van der Waals surface area contributed by atoms with Gasteiger partial charge in [0.15, 0.2) is 0 Å². The molecule has 1 aromatic heterocycles. The summed E-state index contributed by atoms with van der Waals surface area (Å²) in [5, 5.41) is 0.660. The molecule has 0 spiro atoms. The number of aromatic nitrogens is 1. The molecule has 1 heterocycles. The van der Waals surface area contributed by atoms with Crippen LogP contribution in [-0.2, 0) is 46.4 Å². The summed E-state index contributed by atoms with van der Waals surface area (Å²) >= 11 is 0. The van der Waals surface area contributed by atoms with Crippen LogP contribution in [0.5, 0.6) is 5.75 Å². The summed E-state index contributed by atoms with van der Waals surface area (Å²) in [4.78, 5) is 27.4. The number of benzene rings is 3. The van der Waals surface area contributed by atoms with E-state index in [9.17, 15) is 27.2 Å². The predicted molar refractivity (Wildman–Crippen MR) is 155 cm³/mol. The fourth-order valence-electron chi connectivity index (χ4n) is 5.61. The van der Waals surface area contributed by atoms with Crippen molar-refractivity contribution < 1.29 is 41.4 Å². The van der Waals surface area contributed by atoms with Crippen molar-refractivity contribution in [3.63, 3.8) is 0 Å². The van der Waals surface area contributed by atoms with Crippen LogP contribution in [0.2, 0.25) is 0 Å². The van der Waals surface area contributed by atoms with Gasteiger partial charge in [0.05, 0.1) is 18.7 Å². The minimum Gasteiger partial charge on any atom is -0.492 e. The number of halogens is 4. The van der Waals surface area contributed by atoms with E-state index in [1.54, 1.807) is 17.9 Å². The Morgan fingerprint density at radius 2 is 1.75 bits per heavy atom. The van der Waals surface area contributed by atoms with E-state index < -0.39 is 29.6 Å². The van der Waals surface area contributed by atoms with Crippen LogP contribution >= 0.6 is 0 Å². The first-order chi connectivity index (χ1) is 21.1. The first-order valence-electron chi connectivity index (χ1n) is 14.4. The van der Waals surface area contributed by atoms with E-state index in [2.05, 4.69) is 0 Å². The monoisotopic (exact) mass is 612 g/mol. The number of hydrogen-bond acceptors (Lipinski definition) is 5. The first-order valence-corrected chi connectivity index (χ1v) is 14.4. The van der Waals surface area contributed by atoms with E-state index in [-0.39, 0.29) is 44.7 Å². The Hall–Kier alpha value is -4.54. The molecule has 1 atom stereocenters. The minimum atomic E-state index is -4.46. The van der Waals surface area contributed by atoms with Gasteiger partial charge < -0.3 is 23.7 Å². The van der Waals surface area contributed by atoms with E-state index >= 15 is 0 Å². The highest BCUT2D eigenvalue weighted by molar-refractivity contribution is 5.87. The van der Waals surface area contributed by atoms with Crippen molar-refractivity contribution in [3.8, 4) is 5.75 Å². The number of fused-ring (bicyclic) bond motifs is 3. The average molecular weight is 613 g/mol. The molecule has 1 aliphatic carbocycles. The minimum absolute atomic E-state index is 0.00834. The molecule has 3 aromatic carbocycles. The Balaban J connectivity index is 1.37. The van der Waals surface area contributed by atoms with Crippen LogP contribution in [0.1, 0.15) is 35.7 Å². The summed E-state index contributed by atoms with van der Waals surface area (Å²) in [6, 6.07) is 17.6. The zero-order valence-corrected chi connectivity index (χ0v) is 24.1. The van der Waals surface area contributed by atoms with Gasteiger partial charge in [-0.1, -0.05) is 30.3 Å². The molecule has 0 radical (unpaired) electrons. The average Bonchev–Trinajstić information content (AvgIpc) is 3.30. The lowest BCUT2D eigenvalue weighted by Crippen LogP contribution is -2.45. The maximum absolute atomic E-state index is 14.4. The summed E-state index contributed by atoms with van der Waals surface area (Å²) in [6.07, 6.45) is -3.60. The summed E-state index contributed by atoms with van der Waals surface area (Å²) in [5.74, 6) is -0.580. The van der Waals surface area contributed by atoms with Crippen LogP contribution in [0.25, 0.3) is 10.9 Å². The summed E-state index contributed by atoms with van der Waals surface area (Å²) in [6.45, 7) is 2.12. The highest BCUT2D eigenvalue weighted by Crippen LogP contribution is 2.35. The normalized spacial score (nSPS) is 14.6. The van der Waals surface area contributed by atoms with Crippen LogP contribution < -0.4 is 4.74 Å². The van der Waals surface area contributed by atoms with Crippen molar-refractivity contribution in [2.75, 3.05) is 19.8 Å². The zero-order valence-electron chi connectivity index (χ0n) is 24.1. The highest BCUT2D eigenvalue weighted by Gasteiger charge is 2.33. The number of ether oxygens (including phenoxy) is 3. The topological polar surface area (TPSA) is 70.0 Å². The third-order valence-corrected chi connectivity index (χ3v) is 7.66. The van der Waals surface area contributed by atoms with Gasteiger partial charge in [0.1, 0.15) is 31.3 Å². The lowest BCUT2D eigenvalue weighted by molar-refractivity contribution is -0.143. The molecule has 4 aromatic rings. The molecule has 44 heavy (non-hydrogen) atoms. The molecule has 0 unspecified atom stereocenters. The van der Waals surface area contributed by atoms with Gasteiger partial charge in [-0.05, 0) is 79.8 Å².